The number of benzene rings is 3. The minimum absolute atomic E-state index is 0.0415. The van der Waals surface area contributed by atoms with Crippen molar-refractivity contribution in [1.29, 1.82) is 0 Å². The van der Waals surface area contributed by atoms with Crippen LogP contribution in [-0.4, -0.2) is 21.9 Å². The van der Waals surface area contributed by atoms with Crippen molar-refractivity contribution < 1.29 is 4.74 Å². The molecule has 4 rings (SSSR count). The Morgan fingerprint density at radius 1 is 0.933 bits per heavy atom. The molecule has 0 N–H and O–H groups in total. The van der Waals surface area contributed by atoms with Crippen molar-refractivity contribution >= 4 is 22.7 Å². The minimum Gasteiger partial charge on any atom is -0.493 e. The molecule has 4 aromatic rings. The first-order chi connectivity index (χ1) is 14.6. The molecular formula is C25H24N2O2S. The summed E-state index contributed by atoms with van der Waals surface area (Å²) in [5, 5.41) is 1.31. The van der Waals surface area contributed by atoms with E-state index in [4.69, 9.17) is 9.72 Å². The van der Waals surface area contributed by atoms with Gasteiger partial charge in [-0.25, -0.2) is 4.98 Å². The van der Waals surface area contributed by atoms with E-state index in [-0.39, 0.29) is 5.56 Å². The van der Waals surface area contributed by atoms with Gasteiger partial charge >= 0.3 is 0 Å². The van der Waals surface area contributed by atoms with Crippen LogP contribution in [0.2, 0.25) is 0 Å². The largest absolute Gasteiger partial charge is 0.493 e. The zero-order valence-corrected chi connectivity index (χ0v) is 17.9. The number of rotatable bonds is 7. The lowest BCUT2D eigenvalue weighted by atomic mass is 10.0. The van der Waals surface area contributed by atoms with E-state index in [0.717, 1.165) is 17.0 Å². The predicted molar refractivity (Wildman–Crippen MR) is 124 cm³/mol. The van der Waals surface area contributed by atoms with Gasteiger partial charge in [0.05, 0.1) is 23.2 Å². The third-order valence-corrected chi connectivity index (χ3v) is 5.77. The van der Waals surface area contributed by atoms with Gasteiger partial charge in [0.15, 0.2) is 5.16 Å². The van der Waals surface area contributed by atoms with Gasteiger partial charge in [-0.05, 0) is 41.8 Å². The first-order valence-corrected chi connectivity index (χ1v) is 11.1. The second-order valence-corrected chi connectivity index (χ2v) is 8.34. The molecule has 0 amide bonds. The highest BCUT2D eigenvalue weighted by Crippen LogP contribution is 2.27. The average molecular weight is 417 g/mol. The van der Waals surface area contributed by atoms with Crippen LogP contribution in [0.4, 0.5) is 0 Å². The molecule has 0 saturated carbocycles. The summed E-state index contributed by atoms with van der Waals surface area (Å²) in [7, 11) is 0. The number of hydrogen-bond acceptors (Lipinski definition) is 4. The monoisotopic (exact) mass is 416 g/mol. The summed E-state index contributed by atoms with van der Waals surface area (Å²) in [6.45, 7) is 4.81. The van der Waals surface area contributed by atoms with Crippen LogP contribution >= 0.6 is 11.8 Å². The zero-order valence-electron chi connectivity index (χ0n) is 17.1. The predicted octanol–water partition coefficient (Wildman–Crippen LogP) is 5.68. The Labute approximate surface area is 180 Å². The van der Waals surface area contributed by atoms with Crippen LogP contribution in [-0.2, 0) is 0 Å². The standard InChI is InChI=1S/C25H24N2O2S/c1-18(2)20-12-7-9-15-23(20)27-24(28)21-13-6-8-14-22(21)26-25(27)30-17-16-29-19-10-4-3-5-11-19/h3-15,18H,16-17H2,1-2H3. The van der Waals surface area contributed by atoms with Crippen molar-refractivity contribution in [3.8, 4) is 11.4 Å². The molecule has 152 valence electrons. The molecule has 0 radical (unpaired) electrons. The van der Waals surface area contributed by atoms with Crippen molar-refractivity contribution in [2.45, 2.75) is 24.9 Å². The molecule has 30 heavy (non-hydrogen) atoms. The molecule has 0 aliphatic rings. The molecule has 0 unspecified atom stereocenters. The zero-order chi connectivity index (χ0) is 20.9. The van der Waals surface area contributed by atoms with Crippen molar-refractivity contribution in [2.24, 2.45) is 0 Å². The summed E-state index contributed by atoms with van der Waals surface area (Å²) < 4.78 is 7.57. The smallest absolute Gasteiger partial charge is 0.266 e. The Hall–Kier alpha value is -3.05. The summed E-state index contributed by atoms with van der Waals surface area (Å²) in [5.41, 5.74) is 2.69. The summed E-state index contributed by atoms with van der Waals surface area (Å²) in [6.07, 6.45) is 0. The lowest BCUT2D eigenvalue weighted by molar-refractivity contribution is 0.344. The number of nitrogens with zero attached hydrogens (tertiary/aromatic N) is 2. The Balaban J connectivity index is 1.71. The fourth-order valence-electron chi connectivity index (χ4n) is 3.41. The highest BCUT2D eigenvalue weighted by molar-refractivity contribution is 7.99. The quantitative estimate of drug-likeness (QED) is 0.221. The van der Waals surface area contributed by atoms with Gasteiger partial charge in [0.1, 0.15) is 5.75 Å². The van der Waals surface area contributed by atoms with E-state index in [9.17, 15) is 4.79 Å². The highest BCUT2D eigenvalue weighted by Gasteiger charge is 2.16. The van der Waals surface area contributed by atoms with E-state index in [1.807, 2.05) is 72.8 Å². The number of hydrogen-bond donors (Lipinski definition) is 0. The van der Waals surface area contributed by atoms with E-state index in [2.05, 4.69) is 19.9 Å². The molecule has 0 spiro atoms. The molecule has 0 atom stereocenters. The van der Waals surface area contributed by atoms with Gasteiger partial charge in [-0.2, -0.15) is 0 Å². The van der Waals surface area contributed by atoms with Crippen LogP contribution in [0.3, 0.4) is 0 Å². The third kappa shape index (κ3) is 4.26. The molecule has 3 aromatic carbocycles. The number of aromatic nitrogens is 2. The Kier molecular flexibility index (Phi) is 6.19. The van der Waals surface area contributed by atoms with Crippen molar-refractivity contribution in [1.82, 2.24) is 9.55 Å². The van der Waals surface area contributed by atoms with Crippen LogP contribution in [0, 0.1) is 0 Å². The van der Waals surface area contributed by atoms with Crippen molar-refractivity contribution in [3.63, 3.8) is 0 Å². The van der Waals surface area contributed by atoms with E-state index in [0.29, 0.717) is 34.3 Å². The van der Waals surface area contributed by atoms with Gasteiger partial charge in [-0.15, -0.1) is 0 Å². The summed E-state index contributed by atoms with van der Waals surface area (Å²) in [6, 6.07) is 25.3. The first-order valence-electron chi connectivity index (χ1n) is 10.1. The molecular weight excluding hydrogens is 392 g/mol. The normalized spacial score (nSPS) is 11.2. The molecule has 0 bridgehead atoms. The molecule has 0 aliphatic heterocycles. The van der Waals surface area contributed by atoms with Gasteiger partial charge in [-0.3, -0.25) is 9.36 Å². The number of thioether (sulfide) groups is 1. The Morgan fingerprint density at radius 3 is 2.43 bits per heavy atom. The van der Waals surface area contributed by atoms with Crippen molar-refractivity contribution in [2.75, 3.05) is 12.4 Å². The summed E-state index contributed by atoms with van der Waals surface area (Å²) in [4.78, 5) is 18.3. The fourth-order valence-corrected chi connectivity index (χ4v) is 4.23. The summed E-state index contributed by atoms with van der Waals surface area (Å²) in [5.74, 6) is 1.81. The van der Waals surface area contributed by atoms with Gasteiger partial charge in [0.25, 0.3) is 5.56 Å². The average Bonchev–Trinajstić information content (AvgIpc) is 2.77. The molecule has 1 aromatic heterocycles. The third-order valence-electron chi connectivity index (χ3n) is 4.87. The first kappa shape index (κ1) is 20.2. The fraction of sp³-hybridized carbons (Fsp3) is 0.200. The van der Waals surface area contributed by atoms with E-state index < -0.39 is 0 Å². The second kappa shape index (κ2) is 9.18. The Bertz CT molecular complexity index is 1200. The van der Waals surface area contributed by atoms with Crippen LogP contribution in [0.5, 0.6) is 5.75 Å². The number of para-hydroxylation sites is 3. The molecule has 1 heterocycles. The molecule has 5 heteroatoms. The summed E-state index contributed by atoms with van der Waals surface area (Å²) >= 11 is 1.54. The van der Waals surface area contributed by atoms with Gasteiger partial charge in [-0.1, -0.05) is 74.1 Å². The van der Waals surface area contributed by atoms with Gasteiger partial charge in [0.2, 0.25) is 0 Å². The van der Waals surface area contributed by atoms with Crippen LogP contribution in [0.25, 0.3) is 16.6 Å². The minimum atomic E-state index is -0.0415. The van der Waals surface area contributed by atoms with Crippen molar-refractivity contribution in [3.05, 3.63) is 94.8 Å². The van der Waals surface area contributed by atoms with Gasteiger partial charge in [0, 0.05) is 5.75 Å². The molecule has 4 nitrogen and oxygen atoms in total. The van der Waals surface area contributed by atoms with Crippen LogP contribution < -0.4 is 10.3 Å². The maximum atomic E-state index is 13.5. The SMILES string of the molecule is CC(C)c1ccccc1-n1c(SCCOc2ccccc2)nc2ccccc2c1=O. The maximum absolute atomic E-state index is 13.5. The molecule has 0 aliphatic carbocycles. The molecule has 0 saturated heterocycles. The Morgan fingerprint density at radius 2 is 1.63 bits per heavy atom. The lowest BCUT2D eigenvalue weighted by Gasteiger charge is -2.18. The van der Waals surface area contributed by atoms with Crippen LogP contribution in [0.15, 0.2) is 88.8 Å². The second-order valence-electron chi connectivity index (χ2n) is 7.28. The van der Waals surface area contributed by atoms with E-state index in [1.54, 1.807) is 4.57 Å². The molecule has 0 fully saturated rings. The van der Waals surface area contributed by atoms with E-state index in [1.165, 1.54) is 11.8 Å². The van der Waals surface area contributed by atoms with Gasteiger partial charge < -0.3 is 4.74 Å². The van der Waals surface area contributed by atoms with E-state index >= 15 is 0 Å². The van der Waals surface area contributed by atoms with Crippen LogP contribution in [0.1, 0.15) is 25.3 Å². The topological polar surface area (TPSA) is 44.1 Å². The lowest BCUT2D eigenvalue weighted by Crippen LogP contribution is -2.23. The number of fused-ring (bicyclic) bond motifs is 1. The maximum Gasteiger partial charge on any atom is 0.266 e. The number of ether oxygens (including phenoxy) is 1. The highest BCUT2D eigenvalue weighted by atomic mass is 32.2.